The van der Waals surface area contributed by atoms with Crippen molar-refractivity contribution in [1.29, 1.82) is 0 Å². The molecule has 0 bridgehead atoms. The zero-order valence-electron chi connectivity index (χ0n) is 4.33. The first-order chi connectivity index (χ1) is 3.48. The van der Waals surface area contributed by atoms with Gasteiger partial charge in [0.1, 0.15) is 5.03 Å². The Bertz CT molecular complexity index is 191. The van der Waals surface area contributed by atoms with Crippen LogP contribution in [0.5, 0.6) is 0 Å². The van der Waals surface area contributed by atoms with Crippen LogP contribution in [0.25, 0.3) is 0 Å². The summed E-state index contributed by atoms with van der Waals surface area (Å²) < 4.78 is 27.9. The molecule has 0 unspecified atom stereocenters. The smallest absolute Gasteiger partial charge is 0.309 e. The molecule has 0 rings (SSSR count). The molecule has 0 aromatic heterocycles. The maximum Gasteiger partial charge on any atom is 0.309 e. The minimum absolute atomic E-state index is 0.516. The first kappa shape index (κ1) is 7.45. The molecule has 5 heteroatoms. The molecule has 0 fully saturated rings. The van der Waals surface area contributed by atoms with Crippen molar-refractivity contribution in [2.24, 2.45) is 5.73 Å². The van der Waals surface area contributed by atoms with Gasteiger partial charge >= 0.3 is 10.1 Å². The summed E-state index contributed by atoms with van der Waals surface area (Å²) in [5, 5.41) is -0.516. The minimum atomic E-state index is -4.11. The van der Waals surface area contributed by atoms with Gasteiger partial charge in [0.05, 0.1) is 0 Å². The van der Waals surface area contributed by atoms with Crippen LogP contribution in [-0.4, -0.2) is 13.0 Å². The van der Waals surface area contributed by atoms with Crippen LogP contribution in [0.3, 0.4) is 0 Å². The van der Waals surface area contributed by atoms with E-state index in [4.69, 9.17) is 10.3 Å². The molecule has 3 N–H and O–H groups in total. The molecule has 0 radical (unpaired) electrons. The van der Waals surface area contributed by atoms with Crippen molar-refractivity contribution < 1.29 is 13.0 Å². The lowest BCUT2D eigenvalue weighted by Gasteiger charge is -1.90. The predicted molar refractivity (Wildman–Crippen MR) is 29.5 cm³/mol. The molecule has 8 heavy (non-hydrogen) atoms. The van der Waals surface area contributed by atoms with Gasteiger partial charge < -0.3 is 5.73 Å². The Morgan fingerprint density at radius 1 is 1.75 bits per heavy atom. The number of nitrogens with two attached hydrogens (primary N) is 1. The fraction of sp³-hybridized carbons (Fsp3) is 0.333. The molecule has 0 saturated heterocycles. The zero-order chi connectivity index (χ0) is 6.78. The van der Waals surface area contributed by atoms with Crippen molar-refractivity contribution in [3.05, 3.63) is 11.1 Å². The van der Waals surface area contributed by atoms with Crippen LogP contribution in [0.1, 0.15) is 6.92 Å². The third-order valence-corrected chi connectivity index (χ3v) is 1.41. The molecule has 0 aliphatic rings. The molecule has 0 aliphatic heterocycles. The highest BCUT2D eigenvalue weighted by molar-refractivity contribution is 7.89. The SMILES string of the molecule is CC=C(N)S(=O)(=O)O. The van der Waals surface area contributed by atoms with Crippen LogP contribution in [-0.2, 0) is 10.1 Å². The molecule has 0 atom stereocenters. The van der Waals surface area contributed by atoms with Crippen molar-refractivity contribution in [3.63, 3.8) is 0 Å². The van der Waals surface area contributed by atoms with Gasteiger partial charge in [0.25, 0.3) is 0 Å². The molecule has 4 nitrogen and oxygen atoms in total. The van der Waals surface area contributed by atoms with Crippen molar-refractivity contribution >= 4 is 10.1 Å². The van der Waals surface area contributed by atoms with Crippen molar-refractivity contribution in [1.82, 2.24) is 0 Å². The van der Waals surface area contributed by atoms with Gasteiger partial charge in [0, 0.05) is 0 Å². The second kappa shape index (κ2) is 2.15. The van der Waals surface area contributed by atoms with Gasteiger partial charge in [0.15, 0.2) is 0 Å². The third-order valence-electron chi connectivity index (χ3n) is 0.582. The van der Waals surface area contributed by atoms with Crippen LogP contribution in [0.15, 0.2) is 11.1 Å². The van der Waals surface area contributed by atoms with Gasteiger partial charge in [-0.3, -0.25) is 4.55 Å². The van der Waals surface area contributed by atoms with E-state index in [1.54, 1.807) is 0 Å². The molecule has 0 saturated carbocycles. The van der Waals surface area contributed by atoms with E-state index in [0.717, 1.165) is 6.08 Å². The van der Waals surface area contributed by atoms with E-state index in [2.05, 4.69) is 0 Å². The van der Waals surface area contributed by atoms with E-state index in [0.29, 0.717) is 0 Å². The van der Waals surface area contributed by atoms with Crippen LogP contribution >= 0.6 is 0 Å². The van der Waals surface area contributed by atoms with Gasteiger partial charge in [-0.25, -0.2) is 0 Å². The summed E-state index contributed by atoms with van der Waals surface area (Å²) in [5.41, 5.74) is 4.77. The molecule has 0 aromatic rings. The van der Waals surface area contributed by atoms with Gasteiger partial charge in [-0.15, -0.1) is 0 Å². The maximum atomic E-state index is 9.92. The lowest BCUT2D eigenvalue weighted by atomic mass is 10.7. The molecule has 0 amide bonds. The lowest BCUT2D eigenvalue weighted by molar-refractivity contribution is 0.490. The van der Waals surface area contributed by atoms with Crippen LogP contribution in [0.2, 0.25) is 0 Å². The summed E-state index contributed by atoms with van der Waals surface area (Å²) in [7, 11) is -4.11. The van der Waals surface area contributed by atoms with Gasteiger partial charge in [-0.1, -0.05) is 6.08 Å². The maximum absolute atomic E-state index is 9.92. The van der Waals surface area contributed by atoms with E-state index in [-0.39, 0.29) is 0 Å². The van der Waals surface area contributed by atoms with Crippen molar-refractivity contribution in [2.75, 3.05) is 0 Å². The molecular weight excluding hydrogens is 130 g/mol. The van der Waals surface area contributed by atoms with E-state index < -0.39 is 15.1 Å². The van der Waals surface area contributed by atoms with Gasteiger partial charge in [-0.2, -0.15) is 8.42 Å². The van der Waals surface area contributed by atoms with Crippen LogP contribution in [0, 0.1) is 0 Å². The molecule has 0 heterocycles. The minimum Gasteiger partial charge on any atom is -0.388 e. The fourth-order valence-corrected chi connectivity index (χ4v) is 0.447. The second-order valence-electron chi connectivity index (χ2n) is 1.17. The van der Waals surface area contributed by atoms with Crippen LogP contribution < -0.4 is 5.73 Å². The summed E-state index contributed by atoms with van der Waals surface area (Å²) >= 11 is 0. The summed E-state index contributed by atoms with van der Waals surface area (Å²) in [4.78, 5) is 0. The third kappa shape index (κ3) is 1.94. The van der Waals surface area contributed by atoms with E-state index >= 15 is 0 Å². The average Bonchev–Trinajstić information content (AvgIpc) is 1.62. The number of allylic oxidation sites excluding steroid dienone is 1. The monoisotopic (exact) mass is 137 g/mol. The van der Waals surface area contributed by atoms with E-state index in [9.17, 15) is 8.42 Å². The van der Waals surface area contributed by atoms with Gasteiger partial charge in [0.2, 0.25) is 0 Å². The number of hydrogen-bond donors (Lipinski definition) is 2. The number of hydrogen-bond acceptors (Lipinski definition) is 3. The Morgan fingerprint density at radius 3 is 2.12 bits per heavy atom. The van der Waals surface area contributed by atoms with Crippen molar-refractivity contribution in [3.8, 4) is 0 Å². The Labute approximate surface area is 47.7 Å². The predicted octanol–water partition coefficient (Wildman–Crippen LogP) is -0.306. The summed E-state index contributed by atoms with van der Waals surface area (Å²) in [6.07, 6.45) is 1.11. The Morgan fingerprint density at radius 2 is 2.12 bits per heavy atom. The highest BCUT2D eigenvalue weighted by Crippen LogP contribution is 1.91. The summed E-state index contributed by atoms with van der Waals surface area (Å²) in [5.74, 6) is 0. The molecular formula is C3H7NO3S. The van der Waals surface area contributed by atoms with E-state index in [1.165, 1.54) is 6.92 Å². The Hall–Kier alpha value is -0.550. The Balaban J connectivity index is 4.55. The molecule has 0 spiro atoms. The molecule has 0 aromatic carbocycles. The average molecular weight is 137 g/mol. The normalized spacial score (nSPS) is 14.0. The lowest BCUT2D eigenvalue weighted by Crippen LogP contribution is -2.09. The molecule has 0 aliphatic carbocycles. The summed E-state index contributed by atoms with van der Waals surface area (Å²) in [6, 6.07) is 0. The second-order valence-corrected chi connectivity index (χ2v) is 2.59. The number of rotatable bonds is 1. The topological polar surface area (TPSA) is 80.4 Å². The fourth-order valence-electron chi connectivity index (χ4n) is 0.149. The highest BCUT2D eigenvalue weighted by Gasteiger charge is 2.04. The Kier molecular flexibility index (Phi) is 2.00. The van der Waals surface area contributed by atoms with Gasteiger partial charge in [-0.05, 0) is 6.92 Å². The zero-order valence-corrected chi connectivity index (χ0v) is 5.14. The first-order valence-corrected chi connectivity index (χ1v) is 3.31. The quantitative estimate of drug-likeness (QED) is 0.486. The van der Waals surface area contributed by atoms with E-state index in [1.807, 2.05) is 0 Å². The first-order valence-electron chi connectivity index (χ1n) is 1.87. The summed E-state index contributed by atoms with van der Waals surface area (Å²) in [6.45, 7) is 1.42. The van der Waals surface area contributed by atoms with Crippen LogP contribution in [0.4, 0.5) is 0 Å². The van der Waals surface area contributed by atoms with Crippen molar-refractivity contribution in [2.45, 2.75) is 6.92 Å². The largest absolute Gasteiger partial charge is 0.388 e. The standard InChI is InChI=1S/C3H7NO3S/c1-2-3(4)8(5,6)7/h2H,4H2,1H3,(H,5,6,7). The highest BCUT2D eigenvalue weighted by atomic mass is 32.2. The molecule has 48 valence electrons.